The maximum Gasteiger partial charge on any atom is 0.294 e. The van der Waals surface area contributed by atoms with Crippen molar-refractivity contribution in [2.45, 2.75) is 24.3 Å². The molecule has 0 aliphatic heterocycles. The summed E-state index contributed by atoms with van der Waals surface area (Å²) < 4.78 is 1.01. The predicted octanol–water partition coefficient (Wildman–Crippen LogP) is 2.17. The van der Waals surface area contributed by atoms with Crippen molar-refractivity contribution in [1.82, 2.24) is 14.9 Å². The summed E-state index contributed by atoms with van der Waals surface area (Å²) >= 11 is 7.47. The first-order valence-corrected chi connectivity index (χ1v) is 6.89. The van der Waals surface area contributed by atoms with Gasteiger partial charge in [0.05, 0.1) is 0 Å². The zero-order valence-electron chi connectivity index (χ0n) is 10.5. The fourth-order valence-electron chi connectivity index (χ4n) is 1.58. The second kappa shape index (κ2) is 5.63. The van der Waals surface area contributed by atoms with Gasteiger partial charge in [0.2, 0.25) is 5.16 Å². The van der Waals surface area contributed by atoms with Gasteiger partial charge < -0.3 is 5.84 Å². The standard InChI is InChI=1S/C12H13ClN4OS/c1-7-11(18)17(14)12(16-15-7)19-8(2)9-5-3-4-6-10(9)13/h3-6,8H,14H2,1-2H3/t8-/m1/s1. The van der Waals surface area contributed by atoms with E-state index in [0.29, 0.717) is 10.2 Å². The zero-order chi connectivity index (χ0) is 14.0. The van der Waals surface area contributed by atoms with E-state index in [-0.39, 0.29) is 16.5 Å². The van der Waals surface area contributed by atoms with E-state index >= 15 is 0 Å². The van der Waals surface area contributed by atoms with Gasteiger partial charge in [-0.2, -0.15) is 4.68 Å². The van der Waals surface area contributed by atoms with Crippen molar-refractivity contribution in [2.24, 2.45) is 0 Å². The Hall–Kier alpha value is -1.53. The smallest absolute Gasteiger partial charge is 0.294 e. The largest absolute Gasteiger partial charge is 0.334 e. The number of nitrogens with zero attached hydrogens (tertiary/aromatic N) is 3. The van der Waals surface area contributed by atoms with Gasteiger partial charge in [-0.05, 0) is 25.5 Å². The van der Waals surface area contributed by atoms with Crippen molar-refractivity contribution in [3.05, 3.63) is 50.9 Å². The molecule has 19 heavy (non-hydrogen) atoms. The first-order valence-electron chi connectivity index (χ1n) is 5.63. The van der Waals surface area contributed by atoms with Gasteiger partial charge in [-0.25, -0.2) is 0 Å². The van der Waals surface area contributed by atoms with Crippen LogP contribution in [-0.2, 0) is 0 Å². The number of nitrogen functional groups attached to an aromatic ring is 1. The first-order chi connectivity index (χ1) is 9.00. The van der Waals surface area contributed by atoms with Crippen LogP contribution in [0.1, 0.15) is 23.4 Å². The van der Waals surface area contributed by atoms with Gasteiger partial charge >= 0.3 is 0 Å². The quantitative estimate of drug-likeness (QED) is 0.694. The fraction of sp³-hybridized carbons (Fsp3) is 0.250. The first kappa shape index (κ1) is 13.9. The van der Waals surface area contributed by atoms with Crippen molar-refractivity contribution in [1.29, 1.82) is 0 Å². The molecule has 1 aromatic heterocycles. The zero-order valence-corrected chi connectivity index (χ0v) is 12.1. The Kier molecular flexibility index (Phi) is 4.11. The van der Waals surface area contributed by atoms with Gasteiger partial charge in [-0.1, -0.05) is 41.6 Å². The van der Waals surface area contributed by atoms with E-state index < -0.39 is 0 Å². The summed E-state index contributed by atoms with van der Waals surface area (Å²) in [6.45, 7) is 3.54. The lowest BCUT2D eigenvalue weighted by Crippen LogP contribution is -2.32. The molecule has 0 radical (unpaired) electrons. The second-order valence-corrected chi connectivity index (χ2v) is 5.74. The maximum atomic E-state index is 11.7. The van der Waals surface area contributed by atoms with E-state index in [4.69, 9.17) is 17.4 Å². The molecule has 0 saturated carbocycles. The Bertz CT molecular complexity index is 658. The Labute approximate surface area is 119 Å². The number of nitrogens with two attached hydrogens (primary N) is 1. The topological polar surface area (TPSA) is 73.8 Å². The molecule has 0 fully saturated rings. The molecule has 0 amide bonds. The van der Waals surface area contributed by atoms with Crippen LogP contribution in [0.3, 0.4) is 0 Å². The lowest BCUT2D eigenvalue weighted by molar-refractivity contribution is 0.679. The van der Waals surface area contributed by atoms with E-state index in [1.165, 1.54) is 11.8 Å². The summed E-state index contributed by atoms with van der Waals surface area (Å²) in [6.07, 6.45) is 0. The van der Waals surface area contributed by atoms with Crippen molar-refractivity contribution < 1.29 is 0 Å². The number of hydrogen-bond donors (Lipinski definition) is 1. The van der Waals surface area contributed by atoms with Crippen LogP contribution in [0.15, 0.2) is 34.2 Å². The highest BCUT2D eigenvalue weighted by Gasteiger charge is 2.15. The van der Waals surface area contributed by atoms with Gasteiger partial charge in [0.25, 0.3) is 5.56 Å². The molecule has 7 heteroatoms. The van der Waals surface area contributed by atoms with Crippen LogP contribution >= 0.6 is 23.4 Å². The number of aryl methyl sites for hydroxylation is 1. The van der Waals surface area contributed by atoms with Crippen molar-refractivity contribution in [3.8, 4) is 0 Å². The number of halogens is 1. The highest BCUT2D eigenvalue weighted by Crippen LogP contribution is 2.35. The molecular weight excluding hydrogens is 284 g/mol. The van der Waals surface area contributed by atoms with Gasteiger partial charge in [0, 0.05) is 10.3 Å². The number of thioether (sulfide) groups is 1. The van der Waals surface area contributed by atoms with Crippen molar-refractivity contribution >= 4 is 23.4 Å². The molecule has 100 valence electrons. The molecule has 1 atom stereocenters. The van der Waals surface area contributed by atoms with Crippen LogP contribution in [0.2, 0.25) is 5.02 Å². The summed E-state index contributed by atoms with van der Waals surface area (Å²) in [5.74, 6) is 5.70. The van der Waals surface area contributed by atoms with Crippen LogP contribution in [-0.4, -0.2) is 14.9 Å². The molecule has 5 nitrogen and oxygen atoms in total. The lowest BCUT2D eigenvalue weighted by Gasteiger charge is -2.13. The predicted molar refractivity (Wildman–Crippen MR) is 76.9 cm³/mol. The molecule has 1 heterocycles. The lowest BCUT2D eigenvalue weighted by atomic mass is 10.2. The molecule has 2 aromatic rings. The SMILES string of the molecule is Cc1nnc(S[C@H](C)c2ccccc2Cl)n(N)c1=O. The van der Waals surface area contributed by atoms with Gasteiger partial charge in [-0.3, -0.25) is 4.79 Å². The van der Waals surface area contributed by atoms with E-state index in [1.54, 1.807) is 6.92 Å². The monoisotopic (exact) mass is 296 g/mol. The summed E-state index contributed by atoms with van der Waals surface area (Å²) in [7, 11) is 0. The summed E-state index contributed by atoms with van der Waals surface area (Å²) in [5, 5.41) is 8.79. The van der Waals surface area contributed by atoms with E-state index in [0.717, 1.165) is 10.2 Å². The number of aromatic nitrogens is 3. The van der Waals surface area contributed by atoms with Crippen LogP contribution in [0.5, 0.6) is 0 Å². The molecular formula is C12H13ClN4OS. The van der Waals surface area contributed by atoms with E-state index in [1.807, 2.05) is 31.2 Å². The number of benzene rings is 1. The van der Waals surface area contributed by atoms with Gasteiger partial charge in [0.1, 0.15) is 5.69 Å². The van der Waals surface area contributed by atoms with Crippen LogP contribution in [0.4, 0.5) is 0 Å². The van der Waals surface area contributed by atoms with E-state index in [2.05, 4.69) is 10.2 Å². The molecule has 0 aliphatic rings. The third-order valence-electron chi connectivity index (χ3n) is 2.65. The van der Waals surface area contributed by atoms with Gasteiger partial charge in [-0.15, -0.1) is 10.2 Å². The normalized spacial score (nSPS) is 12.4. The molecule has 1 aromatic carbocycles. The highest BCUT2D eigenvalue weighted by atomic mass is 35.5. The average molecular weight is 297 g/mol. The average Bonchev–Trinajstić information content (AvgIpc) is 2.40. The maximum absolute atomic E-state index is 11.7. The van der Waals surface area contributed by atoms with Gasteiger partial charge in [0.15, 0.2) is 0 Å². The Morgan fingerprint density at radius 3 is 2.74 bits per heavy atom. The molecule has 2 N–H and O–H groups in total. The molecule has 0 spiro atoms. The van der Waals surface area contributed by atoms with Crippen molar-refractivity contribution in [2.75, 3.05) is 5.84 Å². The van der Waals surface area contributed by atoms with Crippen LogP contribution in [0, 0.1) is 6.92 Å². The van der Waals surface area contributed by atoms with E-state index in [9.17, 15) is 4.79 Å². The summed E-state index contributed by atoms with van der Waals surface area (Å²) in [5.41, 5.74) is 0.894. The Balaban J connectivity index is 2.30. The highest BCUT2D eigenvalue weighted by molar-refractivity contribution is 7.99. The van der Waals surface area contributed by atoms with Crippen molar-refractivity contribution in [3.63, 3.8) is 0 Å². The molecule has 0 bridgehead atoms. The number of rotatable bonds is 3. The molecule has 0 aliphatic carbocycles. The third-order valence-corrected chi connectivity index (χ3v) is 4.09. The minimum absolute atomic E-state index is 0.0138. The molecule has 0 unspecified atom stereocenters. The van der Waals surface area contributed by atoms with Crippen LogP contribution in [0.25, 0.3) is 0 Å². The minimum Gasteiger partial charge on any atom is -0.334 e. The third kappa shape index (κ3) is 2.90. The summed E-state index contributed by atoms with van der Waals surface area (Å²) in [4.78, 5) is 11.7. The Morgan fingerprint density at radius 1 is 1.37 bits per heavy atom. The second-order valence-electron chi connectivity index (χ2n) is 4.02. The van der Waals surface area contributed by atoms with Crippen LogP contribution < -0.4 is 11.4 Å². The summed E-state index contributed by atoms with van der Waals surface area (Å²) in [6, 6.07) is 7.53. The number of hydrogen-bond acceptors (Lipinski definition) is 5. The Morgan fingerprint density at radius 2 is 2.05 bits per heavy atom. The molecule has 0 saturated heterocycles. The molecule has 2 rings (SSSR count). The fourth-order valence-corrected chi connectivity index (χ4v) is 2.87. The minimum atomic E-state index is -0.344.